The molecule has 5 heteroatoms. The second-order valence-corrected chi connectivity index (χ2v) is 3.77. The molecule has 0 saturated heterocycles. The van der Waals surface area contributed by atoms with Crippen LogP contribution in [0.2, 0.25) is 0 Å². The maximum Gasteiger partial charge on any atom is 0.305 e. The van der Waals surface area contributed by atoms with E-state index in [2.05, 4.69) is 0 Å². The molecule has 5 nitrogen and oxygen atoms in total. The van der Waals surface area contributed by atoms with Crippen LogP contribution in [0.5, 0.6) is 17.2 Å². The fourth-order valence-corrected chi connectivity index (χ4v) is 1.61. The molecule has 0 bridgehead atoms. The molecule has 2 rings (SSSR count). The molecule has 1 aliphatic rings. The van der Waals surface area contributed by atoms with Gasteiger partial charge in [0.25, 0.3) is 0 Å². The Morgan fingerprint density at radius 1 is 1.33 bits per heavy atom. The zero-order valence-electron chi connectivity index (χ0n) is 10.3. The van der Waals surface area contributed by atoms with Gasteiger partial charge < -0.3 is 18.9 Å². The van der Waals surface area contributed by atoms with Gasteiger partial charge in [-0.25, -0.2) is 0 Å². The van der Waals surface area contributed by atoms with Gasteiger partial charge in [-0.15, -0.1) is 0 Å². The van der Waals surface area contributed by atoms with Crippen molar-refractivity contribution in [1.82, 2.24) is 0 Å². The van der Waals surface area contributed by atoms with Crippen molar-refractivity contribution in [3.8, 4) is 17.2 Å². The van der Waals surface area contributed by atoms with Crippen molar-refractivity contribution in [2.24, 2.45) is 0 Å². The smallest absolute Gasteiger partial charge is 0.305 e. The van der Waals surface area contributed by atoms with Crippen LogP contribution in [0, 0.1) is 0 Å². The van der Waals surface area contributed by atoms with Crippen LogP contribution in [-0.4, -0.2) is 26.0 Å². The van der Waals surface area contributed by atoms with Crippen LogP contribution in [0.3, 0.4) is 0 Å². The number of rotatable bonds is 6. The largest absolute Gasteiger partial charge is 0.493 e. The summed E-state index contributed by atoms with van der Waals surface area (Å²) in [6.45, 7) is 2.93. The minimum atomic E-state index is -0.188. The van der Waals surface area contributed by atoms with E-state index in [0.29, 0.717) is 37.6 Å². The van der Waals surface area contributed by atoms with Crippen molar-refractivity contribution in [3.63, 3.8) is 0 Å². The zero-order valence-corrected chi connectivity index (χ0v) is 10.3. The van der Waals surface area contributed by atoms with Crippen LogP contribution in [0.15, 0.2) is 18.2 Å². The van der Waals surface area contributed by atoms with Gasteiger partial charge in [0.2, 0.25) is 6.79 Å². The lowest BCUT2D eigenvalue weighted by molar-refractivity contribution is -0.143. The third-order valence-corrected chi connectivity index (χ3v) is 2.44. The van der Waals surface area contributed by atoms with Gasteiger partial charge in [-0.1, -0.05) is 0 Å². The summed E-state index contributed by atoms with van der Waals surface area (Å²) in [5, 5.41) is 0. The topological polar surface area (TPSA) is 54.0 Å². The first-order valence-electron chi connectivity index (χ1n) is 5.97. The molecule has 0 aromatic heterocycles. The van der Waals surface area contributed by atoms with Crippen molar-refractivity contribution < 1.29 is 23.7 Å². The van der Waals surface area contributed by atoms with Crippen LogP contribution in [0.25, 0.3) is 0 Å². The highest BCUT2D eigenvalue weighted by atomic mass is 16.7. The number of esters is 1. The van der Waals surface area contributed by atoms with Gasteiger partial charge >= 0.3 is 5.97 Å². The van der Waals surface area contributed by atoms with E-state index >= 15 is 0 Å². The summed E-state index contributed by atoms with van der Waals surface area (Å²) < 4.78 is 20.8. The van der Waals surface area contributed by atoms with E-state index in [-0.39, 0.29) is 12.8 Å². The highest BCUT2D eigenvalue weighted by Gasteiger charge is 2.13. The normalized spacial score (nSPS) is 12.3. The van der Waals surface area contributed by atoms with Crippen molar-refractivity contribution in [1.29, 1.82) is 0 Å². The lowest BCUT2D eigenvalue weighted by atomic mass is 10.3. The summed E-state index contributed by atoms with van der Waals surface area (Å²) in [5.74, 6) is 1.95. The molecule has 1 aromatic rings. The molecule has 0 atom stereocenters. The summed E-state index contributed by atoms with van der Waals surface area (Å²) in [6, 6.07) is 5.41. The van der Waals surface area contributed by atoms with E-state index in [1.54, 1.807) is 13.0 Å². The fraction of sp³-hybridized carbons (Fsp3) is 0.462. The molecule has 18 heavy (non-hydrogen) atoms. The van der Waals surface area contributed by atoms with Crippen molar-refractivity contribution in [3.05, 3.63) is 18.2 Å². The SMILES string of the molecule is CCOC(=O)CCCOc1ccc2c(c1)OCO2. The van der Waals surface area contributed by atoms with E-state index in [1.165, 1.54) is 0 Å². The third-order valence-electron chi connectivity index (χ3n) is 2.44. The van der Waals surface area contributed by atoms with Crippen LogP contribution >= 0.6 is 0 Å². The Kier molecular flexibility index (Phi) is 4.28. The second kappa shape index (κ2) is 6.14. The van der Waals surface area contributed by atoms with Crippen LogP contribution in [0.1, 0.15) is 19.8 Å². The van der Waals surface area contributed by atoms with Crippen molar-refractivity contribution >= 4 is 5.97 Å². The fourth-order valence-electron chi connectivity index (χ4n) is 1.61. The number of benzene rings is 1. The number of ether oxygens (including phenoxy) is 4. The third kappa shape index (κ3) is 3.29. The van der Waals surface area contributed by atoms with Gasteiger partial charge in [-0.05, 0) is 25.5 Å². The Labute approximate surface area is 106 Å². The Morgan fingerprint density at radius 3 is 3.00 bits per heavy atom. The van der Waals surface area contributed by atoms with Crippen LogP contribution in [0.4, 0.5) is 0 Å². The first kappa shape index (κ1) is 12.5. The highest BCUT2D eigenvalue weighted by molar-refractivity contribution is 5.69. The van der Waals surface area contributed by atoms with Gasteiger partial charge in [0.1, 0.15) is 5.75 Å². The molecular formula is C13H16O5. The monoisotopic (exact) mass is 252 g/mol. The maximum atomic E-state index is 11.1. The molecule has 1 aliphatic heterocycles. The van der Waals surface area contributed by atoms with Crippen molar-refractivity contribution in [2.45, 2.75) is 19.8 Å². The molecule has 98 valence electrons. The van der Waals surface area contributed by atoms with Gasteiger partial charge in [0, 0.05) is 12.5 Å². The highest BCUT2D eigenvalue weighted by Crippen LogP contribution is 2.35. The Morgan fingerprint density at radius 2 is 2.17 bits per heavy atom. The number of carbonyl (C=O) groups excluding carboxylic acids is 1. The molecule has 0 aliphatic carbocycles. The first-order chi connectivity index (χ1) is 8.79. The summed E-state index contributed by atoms with van der Waals surface area (Å²) in [5.41, 5.74) is 0. The summed E-state index contributed by atoms with van der Waals surface area (Å²) in [6.07, 6.45) is 1.01. The summed E-state index contributed by atoms with van der Waals surface area (Å²) >= 11 is 0. The van der Waals surface area contributed by atoms with E-state index in [0.717, 1.165) is 5.75 Å². The average molecular weight is 252 g/mol. The van der Waals surface area contributed by atoms with Gasteiger partial charge in [-0.2, -0.15) is 0 Å². The Bertz CT molecular complexity index is 416. The van der Waals surface area contributed by atoms with E-state index in [4.69, 9.17) is 18.9 Å². The summed E-state index contributed by atoms with van der Waals surface area (Å²) in [7, 11) is 0. The summed E-state index contributed by atoms with van der Waals surface area (Å²) in [4.78, 5) is 11.1. The molecule has 0 amide bonds. The second-order valence-electron chi connectivity index (χ2n) is 3.77. The number of hydrogen-bond acceptors (Lipinski definition) is 5. The average Bonchev–Trinajstić information content (AvgIpc) is 2.82. The van der Waals surface area contributed by atoms with E-state index < -0.39 is 0 Å². The minimum absolute atomic E-state index is 0.188. The lowest BCUT2D eigenvalue weighted by Crippen LogP contribution is -2.06. The van der Waals surface area contributed by atoms with Crippen molar-refractivity contribution in [2.75, 3.05) is 20.0 Å². The van der Waals surface area contributed by atoms with Crippen LogP contribution in [-0.2, 0) is 9.53 Å². The quantitative estimate of drug-likeness (QED) is 0.573. The molecular weight excluding hydrogens is 236 g/mol. The molecule has 0 unspecified atom stereocenters. The Balaban J connectivity index is 1.72. The standard InChI is InChI=1S/C13H16O5/c1-2-15-13(14)4-3-7-16-10-5-6-11-12(8-10)18-9-17-11/h5-6,8H,2-4,7,9H2,1H3. The molecule has 0 spiro atoms. The first-order valence-corrected chi connectivity index (χ1v) is 5.97. The lowest BCUT2D eigenvalue weighted by Gasteiger charge is -2.06. The molecule has 1 aromatic carbocycles. The number of fused-ring (bicyclic) bond motifs is 1. The molecule has 0 saturated carbocycles. The maximum absolute atomic E-state index is 11.1. The molecule has 0 radical (unpaired) electrons. The predicted octanol–water partition coefficient (Wildman–Crippen LogP) is 2.14. The van der Waals surface area contributed by atoms with Gasteiger partial charge in [0.15, 0.2) is 11.5 Å². The molecule has 0 N–H and O–H groups in total. The van der Waals surface area contributed by atoms with E-state index in [1.807, 2.05) is 12.1 Å². The number of hydrogen-bond donors (Lipinski definition) is 0. The number of carbonyl (C=O) groups is 1. The van der Waals surface area contributed by atoms with Crippen LogP contribution < -0.4 is 14.2 Å². The van der Waals surface area contributed by atoms with E-state index in [9.17, 15) is 4.79 Å². The minimum Gasteiger partial charge on any atom is -0.493 e. The van der Waals surface area contributed by atoms with Gasteiger partial charge in [0.05, 0.1) is 13.2 Å². The zero-order chi connectivity index (χ0) is 12.8. The predicted molar refractivity (Wildman–Crippen MR) is 63.9 cm³/mol. The molecule has 1 heterocycles. The molecule has 0 fully saturated rings. The Hall–Kier alpha value is -1.91. The van der Waals surface area contributed by atoms with Gasteiger partial charge in [-0.3, -0.25) is 4.79 Å².